The molecule has 0 aliphatic heterocycles. The fourth-order valence-corrected chi connectivity index (χ4v) is 6.25. The third-order valence-electron chi connectivity index (χ3n) is 7.28. The number of nitrogens with zero attached hydrogens (tertiary/aromatic N) is 2. The lowest BCUT2D eigenvalue weighted by atomic mass is 9.95. The number of hydrogen-bond acceptors (Lipinski definition) is 6. The Hall–Kier alpha value is -2.16. The number of thioether (sulfide) groups is 1. The molecule has 0 amide bonds. The van der Waals surface area contributed by atoms with Gasteiger partial charge in [-0.05, 0) is 79.9 Å². The maximum absolute atomic E-state index is 14.1. The number of aromatic nitrogens is 2. The Morgan fingerprint density at radius 1 is 1.08 bits per heavy atom. The van der Waals surface area contributed by atoms with E-state index in [1.54, 1.807) is 24.0 Å². The topological polar surface area (TPSA) is 56.3 Å². The van der Waals surface area contributed by atoms with Crippen LogP contribution in [0.1, 0.15) is 52.0 Å². The van der Waals surface area contributed by atoms with Crippen LogP contribution < -0.4 is 10.1 Å². The van der Waals surface area contributed by atoms with Gasteiger partial charge >= 0.3 is 0 Å². The van der Waals surface area contributed by atoms with Gasteiger partial charge in [-0.3, -0.25) is 0 Å². The second-order valence-corrected chi connectivity index (χ2v) is 16.8. The molecule has 5 nitrogen and oxygen atoms in total. The molecule has 0 atom stereocenters. The first-order chi connectivity index (χ1) is 17.0. The molecule has 2 aromatic carbocycles. The highest BCUT2D eigenvalue weighted by Gasteiger charge is 2.40. The lowest BCUT2D eigenvalue weighted by Crippen LogP contribution is -2.45. The molecule has 0 bridgehead atoms. The minimum Gasteiger partial charge on any atom is -0.488 e. The Balaban J connectivity index is 1.45. The Morgan fingerprint density at radius 2 is 1.81 bits per heavy atom. The maximum Gasteiger partial charge on any atom is 0.227 e. The molecule has 4 rings (SSSR count). The minimum absolute atomic E-state index is 0.138. The van der Waals surface area contributed by atoms with Crippen LogP contribution in [-0.2, 0) is 10.2 Å². The molecule has 1 heterocycles. The zero-order chi connectivity index (χ0) is 25.9. The number of benzene rings is 2. The van der Waals surface area contributed by atoms with Crippen LogP contribution in [0.5, 0.6) is 5.75 Å². The van der Waals surface area contributed by atoms with E-state index in [0.29, 0.717) is 17.7 Å². The predicted molar refractivity (Wildman–Crippen MR) is 151 cm³/mol. The van der Waals surface area contributed by atoms with Crippen LogP contribution in [0.2, 0.25) is 18.1 Å². The summed E-state index contributed by atoms with van der Waals surface area (Å²) in [7, 11) is -1.76. The van der Waals surface area contributed by atoms with Crippen molar-refractivity contribution in [3.8, 4) is 5.75 Å². The van der Waals surface area contributed by atoms with Gasteiger partial charge in [-0.15, -0.1) is 0 Å². The van der Waals surface area contributed by atoms with E-state index in [-0.39, 0.29) is 17.0 Å². The number of nitrogens with one attached hydrogen (secondary N) is 1. The van der Waals surface area contributed by atoms with Crippen molar-refractivity contribution < 1.29 is 13.6 Å². The van der Waals surface area contributed by atoms with Crippen molar-refractivity contribution in [3.05, 3.63) is 54.0 Å². The van der Waals surface area contributed by atoms with Crippen LogP contribution in [0.3, 0.4) is 0 Å². The van der Waals surface area contributed by atoms with E-state index in [1.807, 2.05) is 30.5 Å². The second kappa shape index (κ2) is 11.1. The highest BCUT2D eigenvalue weighted by atomic mass is 32.2. The van der Waals surface area contributed by atoms with Crippen molar-refractivity contribution in [1.29, 1.82) is 0 Å². The maximum atomic E-state index is 14.1. The summed E-state index contributed by atoms with van der Waals surface area (Å²) in [4.78, 5) is 9.18. The summed E-state index contributed by atoms with van der Waals surface area (Å²) in [5, 5.41) is 4.30. The molecule has 1 aliphatic carbocycles. The summed E-state index contributed by atoms with van der Waals surface area (Å²) in [6, 6.07) is 10.9. The third-order valence-corrected chi connectivity index (χ3v) is 12.4. The number of anilines is 2. The number of ether oxygens (including phenoxy) is 1. The standard InChI is InChI=1S/C28H38FN3O2SSi/c1-28(2,3)36(5,6)34-24-12-10-23(11-13-24)33-25-9-7-8-20-17-30-27(32-26(20)25)31-22-15-19(18-35-4)14-21(29)16-22/h7-9,14-17,23-24H,10-13,18H2,1-6H3,(H,30,31,32). The fourth-order valence-electron chi connectivity index (χ4n) is 4.33. The average molecular weight is 528 g/mol. The van der Waals surface area contributed by atoms with Gasteiger partial charge in [-0.25, -0.2) is 14.4 Å². The molecule has 1 N–H and O–H groups in total. The zero-order valence-corrected chi connectivity index (χ0v) is 24.0. The number of halogens is 1. The summed E-state index contributed by atoms with van der Waals surface area (Å²) in [6.45, 7) is 11.5. The van der Waals surface area contributed by atoms with Gasteiger partial charge in [0.1, 0.15) is 17.1 Å². The molecule has 0 unspecified atom stereocenters. The Kier molecular flexibility index (Phi) is 8.27. The predicted octanol–water partition coefficient (Wildman–Crippen LogP) is 8.09. The van der Waals surface area contributed by atoms with Gasteiger partial charge < -0.3 is 14.5 Å². The van der Waals surface area contributed by atoms with E-state index in [4.69, 9.17) is 14.1 Å². The summed E-state index contributed by atoms with van der Waals surface area (Å²) < 4.78 is 27.2. The molecule has 194 valence electrons. The van der Waals surface area contributed by atoms with E-state index in [2.05, 4.69) is 44.2 Å². The van der Waals surface area contributed by atoms with Gasteiger partial charge in [0.2, 0.25) is 5.95 Å². The smallest absolute Gasteiger partial charge is 0.227 e. The molecule has 1 fully saturated rings. The SMILES string of the molecule is CSCc1cc(F)cc(Nc2ncc3cccc(OC4CCC(O[Si](C)(C)C(C)(C)C)CC4)c3n2)c1. The highest BCUT2D eigenvalue weighted by Crippen LogP contribution is 2.39. The first-order valence-corrected chi connectivity index (χ1v) is 17.0. The van der Waals surface area contributed by atoms with E-state index < -0.39 is 8.32 Å². The molecular formula is C28H38FN3O2SSi. The lowest BCUT2D eigenvalue weighted by Gasteiger charge is -2.41. The fraction of sp³-hybridized carbons (Fsp3) is 0.500. The molecule has 8 heteroatoms. The summed E-state index contributed by atoms with van der Waals surface area (Å²) in [5.74, 6) is 1.65. The number of fused-ring (bicyclic) bond motifs is 1. The third kappa shape index (κ3) is 6.58. The van der Waals surface area contributed by atoms with Crippen LogP contribution in [0.15, 0.2) is 42.6 Å². The Morgan fingerprint density at radius 3 is 2.50 bits per heavy atom. The number of hydrogen-bond donors (Lipinski definition) is 1. The van der Waals surface area contributed by atoms with E-state index in [0.717, 1.165) is 53.7 Å². The van der Waals surface area contributed by atoms with Crippen LogP contribution >= 0.6 is 11.8 Å². The van der Waals surface area contributed by atoms with Crippen molar-refractivity contribution in [2.24, 2.45) is 0 Å². The molecule has 0 saturated heterocycles. The van der Waals surface area contributed by atoms with Gasteiger partial charge in [0.15, 0.2) is 8.32 Å². The van der Waals surface area contributed by atoms with Crippen LogP contribution in [0.25, 0.3) is 10.9 Å². The van der Waals surface area contributed by atoms with Gasteiger partial charge in [-0.1, -0.05) is 32.9 Å². The van der Waals surface area contributed by atoms with Crippen molar-refractivity contribution in [3.63, 3.8) is 0 Å². The Bertz CT molecular complexity index is 1190. The molecular weight excluding hydrogens is 489 g/mol. The second-order valence-electron chi connectivity index (χ2n) is 11.2. The normalized spacial score (nSPS) is 18.9. The molecule has 0 radical (unpaired) electrons. The zero-order valence-electron chi connectivity index (χ0n) is 22.2. The highest BCUT2D eigenvalue weighted by molar-refractivity contribution is 7.97. The summed E-state index contributed by atoms with van der Waals surface area (Å²) in [6.07, 6.45) is 8.20. The van der Waals surface area contributed by atoms with E-state index in [9.17, 15) is 4.39 Å². The van der Waals surface area contributed by atoms with Gasteiger partial charge in [-0.2, -0.15) is 11.8 Å². The molecule has 1 aromatic heterocycles. The molecule has 0 spiro atoms. The van der Waals surface area contributed by atoms with Gasteiger partial charge in [0, 0.05) is 29.1 Å². The van der Waals surface area contributed by atoms with Crippen LogP contribution in [0.4, 0.5) is 16.0 Å². The van der Waals surface area contributed by atoms with Crippen molar-refractivity contribution in [2.75, 3.05) is 11.6 Å². The van der Waals surface area contributed by atoms with E-state index in [1.165, 1.54) is 6.07 Å². The van der Waals surface area contributed by atoms with Gasteiger partial charge in [0.25, 0.3) is 0 Å². The first-order valence-electron chi connectivity index (χ1n) is 12.7. The first kappa shape index (κ1) is 26.9. The number of rotatable bonds is 8. The minimum atomic E-state index is -1.76. The quantitative estimate of drug-likeness (QED) is 0.299. The summed E-state index contributed by atoms with van der Waals surface area (Å²) in [5.41, 5.74) is 2.31. The van der Waals surface area contributed by atoms with E-state index >= 15 is 0 Å². The lowest BCUT2D eigenvalue weighted by molar-refractivity contribution is 0.0732. The van der Waals surface area contributed by atoms with Crippen molar-refractivity contribution in [1.82, 2.24) is 9.97 Å². The molecule has 1 aliphatic rings. The average Bonchev–Trinajstić information content (AvgIpc) is 2.80. The largest absolute Gasteiger partial charge is 0.488 e. The molecule has 1 saturated carbocycles. The summed E-state index contributed by atoms with van der Waals surface area (Å²) >= 11 is 1.65. The monoisotopic (exact) mass is 527 g/mol. The van der Waals surface area contributed by atoms with Crippen LogP contribution in [0, 0.1) is 5.82 Å². The molecule has 3 aromatic rings. The van der Waals surface area contributed by atoms with Crippen molar-refractivity contribution >= 4 is 42.6 Å². The number of para-hydroxylation sites is 1. The van der Waals surface area contributed by atoms with Gasteiger partial charge in [0.05, 0.1) is 6.10 Å². The van der Waals surface area contributed by atoms with Crippen molar-refractivity contribution in [2.45, 2.75) is 82.5 Å². The molecule has 36 heavy (non-hydrogen) atoms. The van der Waals surface area contributed by atoms with Crippen LogP contribution in [-0.4, -0.2) is 36.7 Å². The Labute approximate surface area is 219 Å².